The molecule has 2 aromatic heterocycles. The Kier molecular flexibility index (Phi) is 5.47. The second-order valence-corrected chi connectivity index (χ2v) is 7.57. The summed E-state index contributed by atoms with van der Waals surface area (Å²) in [6.07, 6.45) is 5.44. The minimum absolute atomic E-state index is 0.0896. The summed E-state index contributed by atoms with van der Waals surface area (Å²) in [6.45, 7) is 1.84. The highest BCUT2D eigenvalue weighted by Gasteiger charge is 2.27. The monoisotopic (exact) mass is 364 g/mol. The molecule has 0 atom stereocenters. The van der Waals surface area contributed by atoms with Crippen LogP contribution in [0, 0.1) is 0 Å². The van der Waals surface area contributed by atoms with Gasteiger partial charge in [0, 0.05) is 38.2 Å². The van der Waals surface area contributed by atoms with Gasteiger partial charge in [0.1, 0.15) is 10.6 Å². The van der Waals surface area contributed by atoms with Crippen LogP contribution >= 0.6 is 0 Å². The zero-order chi connectivity index (χ0) is 17.7. The Morgan fingerprint density at radius 2 is 2.16 bits per heavy atom. The number of amides is 1. The first-order valence-corrected chi connectivity index (χ1v) is 9.45. The van der Waals surface area contributed by atoms with E-state index in [4.69, 9.17) is 4.74 Å². The third-order valence-electron chi connectivity index (χ3n) is 3.93. The lowest BCUT2D eigenvalue weighted by atomic mass is 10.2. The molecule has 25 heavy (non-hydrogen) atoms. The van der Waals surface area contributed by atoms with Gasteiger partial charge in [0.2, 0.25) is 10.0 Å². The molecule has 1 saturated heterocycles. The van der Waals surface area contributed by atoms with Crippen molar-refractivity contribution in [1.82, 2.24) is 19.6 Å². The molecule has 0 spiro atoms. The Morgan fingerprint density at radius 1 is 1.36 bits per heavy atom. The number of carbonyl (C=O) groups excluding carboxylic acids is 1. The van der Waals surface area contributed by atoms with Crippen LogP contribution < -0.4 is 5.32 Å². The molecular weight excluding hydrogens is 344 g/mol. The van der Waals surface area contributed by atoms with E-state index in [1.54, 1.807) is 12.4 Å². The zero-order valence-corrected chi connectivity index (χ0v) is 14.5. The molecule has 134 valence electrons. The average molecular weight is 364 g/mol. The first-order chi connectivity index (χ1) is 12.1. The fraction of sp³-hybridized carbons (Fsp3) is 0.375. The van der Waals surface area contributed by atoms with Crippen molar-refractivity contribution < 1.29 is 17.9 Å². The lowest BCUT2D eigenvalue weighted by Crippen LogP contribution is -2.40. The predicted molar refractivity (Wildman–Crippen MR) is 90.6 cm³/mol. The minimum Gasteiger partial charge on any atom is -0.379 e. The minimum atomic E-state index is -3.60. The number of nitrogens with zero attached hydrogens (tertiary/aromatic N) is 2. The quantitative estimate of drug-likeness (QED) is 0.772. The number of morpholine rings is 1. The summed E-state index contributed by atoms with van der Waals surface area (Å²) in [5.41, 5.74) is 1.24. The molecule has 0 unspecified atom stereocenters. The van der Waals surface area contributed by atoms with E-state index in [1.165, 1.54) is 16.6 Å². The van der Waals surface area contributed by atoms with Crippen molar-refractivity contribution in [2.24, 2.45) is 0 Å². The Bertz CT molecular complexity index is 814. The van der Waals surface area contributed by atoms with E-state index in [2.05, 4.69) is 15.3 Å². The first-order valence-electron chi connectivity index (χ1n) is 8.01. The molecule has 0 aromatic carbocycles. The number of aromatic amines is 1. The van der Waals surface area contributed by atoms with Gasteiger partial charge in [0.25, 0.3) is 5.91 Å². The summed E-state index contributed by atoms with van der Waals surface area (Å²) in [4.78, 5) is 19.0. The molecular formula is C16H20N4O4S. The van der Waals surface area contributed by atoms with Crippen LogP contribution in [0.4, 0.5) is 0 Å². The van der Waals surface area contributed by atoms with Gasteiger partial charge in [-0.1, -0.05) is 6.07 Å². The number of aromatic nitrogens is 2. The van der Waals surface area contributed by atoms with Crippen LogP contribution in [0.5, 0.6) is 0 Å². The second-order valence-electron chi connectivity index (χ2n) is 5.63. The first kappa shape index (κ1) is 17.6. The highest BCUT2D eigenvalue weighted by molar-refractivity contribution is 7.89. The molecule has 8 nitrogen and oxygen atoms in total. The highest BCUT2D eigenvalue weighted by Crippen LogP contribution is 2.18. The lowest BCUT2D eigenvalue weighted by molar-refractivity contribution is 0.0730. The summed E-state index contributed by atoms with van der Waals surface area (Å²) >= 11 is 0. The smallest absolute Gasteiger partial charge is 0.267 e. The van der Waals surface area contributed by atoms with Gasteiger partial charge in [-0.05, 0) is 24.1 Å². The number of nitrogens with one attached hydrogen (secondary N) is 2. The van der Waals surface area contributed by atoms with Crippen molar-refractivity contribution >= 4 is 15.9 Å². The van der Waals surface area contributed by atoms with Crippen molar-refractivity contribution in [3.8, 4) is 0 Å². The molecule has 0 saturated carbocycles. The Hall–Kier alpha value is -2.23. The summed E-state index contributed by atoms with van der Waals surface area (Å²) in [7, 11) is -3.60. The third kappa shape index (κ3) is 4.25. The van der Waals surface area contributed by atoms with Gasteiger partial charge in [-0.25, -0.2) is 8.42 Å². The number of rotatable bonds is 6. The van der Waals surface area contributed by atoms with E-state index < -0.39 is 10.0 Å². The van der Waals surface area contributed by atoms with E-state index in [1.807, 2.05) is 12.1 Å². The van der Waals surface area contributed by atoms with E-state index >= 15 is 0 Å². The molecule has 1 aliphatic rings. The largest absolute Gasteiger partial charge is 0.379 e. The van der Waals surface area contributed by atoms with Crippen LogP contribution in [0.3, 0.4) is 0 Å². The fourth-order valence-electron chi connectivity index (χ4n) is 2.55. The van der Waals surface area contributed by atoms with Crippen LogP contribution in [0.15, 0.2) is 41.7 Å². The van der Waals surface area contributed by atoms with Crippen LogP contribution in [0.1, 0.15) is 16.1 Å². The van der Waals surface area contributed by atoms with Crippen molar-refractivity contribution in [3.05, 3.63) is 48.0 Å². The van der Waals surface area contributed by atoms with Gasteiger partial charge in [0.15, 0.2) is 0 Å². The third-order valence-corrected chi connectivity index (χ3v) is 5.81. The number of hydrogen-bond acceptors (Lipinski definition) is 5. The fourth-order valence-corrected chi connectivity index (χ4v) is 3.95. The maximum atomic E-state index is 12.5. The van der Waals surface area contributed by atoms with Crippen molar-refractivity contribution in [1.29, 1.82) is 0 Å². The van der Waals surface area contributed by atoms with Gasteiger partial charge >= 0.3 is 0 Å². The number of pyridine rings is 1. The van der Waals surface area contributed by atoms with E-state index in [9.17, 15) is 13.2 Å². The topological polar surface area (TPSA) is 104 Å². The van der Waals surface area contributed by atoms with E-state index in [-0.39, 0.29) is 16.5 Å². The SMILES string of the molecule is O=C(NCCc1cccnc1)c1cc(S(=O)(=O)N2CCOCC2)c[nH]1. The van der Waals surface area contributed by atoms with Crippen molar-refractivity contribution in [3.63, 3.8) is 0 Å². The maximum absolute atomic E-state index is 12.5. The molecule has 0 bridgehead atoms. The Morgan fingerprint density at radius 3 is 2.88 bits per heavy atom. The molecule has 1 fully saturated rings. The molecule has 1 amide bonds. The summed E-state index contributed by atoms with van der Waals surface area (Å²) in [5, 5.41) is 2.77. The molecule has 2 aromatic rings. The number of ether oxygens (including phenoxy) is 1. The van der Waals surface area contributed by atoms with Crippen LogP contribution in [0.2, 0.25) is 0 Å². The number of carbonyl (C=O) groups is 1. The predicted octanol–water partition coefficient (Wildman–Crippen LogP) is 0.403. The van der Waals surface area contributed by atoms with Gasteiger partial charge in [-0.3, -0.25) is 9.78 Å². The van der Waals surface area contributed by atoms with E-state index in [0.29, 0.717) is 39.3 Å². The molecule has 2 N–H and O–H groups in total. The number of hydrogen-bond donors (Lipinski definition) is 2. The molecule has 0 radical (unpaired) electrons. The van der Waals surface area contributed by atoms with E-state index in [0.717, 1.165) is 5.56 Å². The molecule has 9 heteroatoms. The van der Waals surface area contributed by atoms with Crippen molar-refractivity contribution in [2.45, 2.75) is 11.3 Å². The molecule has 0 aliphatic carbocycles. The second kappa shape index (κ2) is 7.77. The standard InChI is InChI=1S/C16H20N4O4S/c21-16(18-5-3-13-2-1-4-17-11-13)15-10-14(12-19-15)25(22,23)20-6-8-24-9-7-20/h1-2,4,10-12,19H,3,5-9H2,(H,18,21). The lowest BCUT2D eigenvalue weighted by Gasteiger charge is -2.25. The maximum Gasteiger partial charge on any atom is 0.267 e. The van der Waals surface area contributed by atoms with Gasteiger partial charge in [-0.2, -0.15) is 4.31 Å². The Labute approximate surface area is 146 Å². The number of H-pyrrole nitrogens is 1. The molecule has 3 rings (SSSR count). The molecule has 3 heterocycles. The summed E-state index contributed by atoms with van der Waals surface area (Å²) < 4.78 is 31.6. The normalized spacial score (nSPS) is 15.8. The molecule has 1 aliphatic heterocycles. The Balaban J connectivity index is 1.59. The van der Waals surface area contributed by atoms with Crippen molar-refractivity contribution in [2.75, 3.05) is 32.8 Å². The zero-order valence-electron chi connectivity index (χ0n) is 13.6. The van der Waals surface area contributed by atoms with Crippen LogP contribution in [0.25, 0.3) is 0 Å². The van der Waals surface area contributed by atoms with Gasteiger partial charge in [-0.15, -0.1) is 0 Å². The van der Waals surface area contributed by atoms with Crippen LogP contribution in [-0.2, 0) is 21.2 Å². The summed E-state index contributed by atoms with van der Waals surface area (Å²) in [6, 6.07) is 5.13. The number of sulfonamides is 1. The summed E-state index contributed by atoms with van der Waals surface area (Å²) in [5.74, 6) is -0.340. The average Bonchev–Trinajstić information content (AvgIpc) is 3.14. The van der Waals surface area contributed by atoms with Gasteiger partial charge < -0.3 is 15.0 Å². The highest BCUT2D eigenvalue weighted by atomic mass is 32.2. The van der Waals surface area contributed by atoms with Gasteiger partial charge in [0.05, 0.1) is 13.2 Å². The van der Waals surface area contributed by atoms with Crippen LogP contribution in [-0.4, -0.2) is 61.4 Å².